The summed E-state index contributed by atoms with van der Waals surface area (Å²) >= 11 is 5.36. The molecule has 0 saturated heterocycles. The third-order valence-corrected chi connectivity index (χ3v) is 4.88. The van der Waals surface area contributed by atoms with Gasteiger partial charge in [-0.3, -0.25) is 0 Å². The highest BCUT2D eigenvalue weighted by Crippen LogP contribution is 2.29. The Hall–Kier alpha value is -0.410. The maximum atomic E-state index is 4.64. The second kappa shape index (κ2) is 4.22. The van der Waals surface area contributed by atoms with Crippen LogP contribution in [0.2, 0.25) is 0 Å². The van der Waals surface area contributed by atoms with E-state index in [0.717, 1.165) is 17.3 Å². The largest absolute Gasteiger partial charge is 0.241 e. The standard InChI is InChI=1S/C12H14BrNS/c1-12(2,8-13)7-11-14-9-5-3-4-6-10(9)15-11/h3-6H,7-8H2,1-2H3. The molecular formula is C12H14BrNS. The van der Waals surface area contributed by atoms with Crippen molar-refractivity contribution in [1.29, 1.82) is 0 Å². The monoisotopic (exact) mass is 283 g/mol. The van der Waals surface area contributed by atoms with Crippen LogP contribution in [0.3, 0.4) is 0 Å². The summed E-state index contributed by atoms with van der Waals surface area (Å²) in [6.45, 7) is 4.52. The molecule has 1 nitrogen and oxygen atoms in total. The Bertz CT molecular complexity index is 428. The lowest BCUT2D eigenvalue weighted by atomic mass is 9.93. The van der Waals surface area contributed by atoms with Crippen LogP contribution in [0.15, 0.2) is 24.3 Å². The molecule has 80 valence electrons. The number of aromatic nitrogens is 1. The van der Waals surface area contributed by atoms with Crippen molar-refractivity contribution in [2.75, 3.05) is 5.33 Å². The molecule has 0 aliphatic carbocycles. The van der Waals surface area contributed by atoms with E-state index in [9.17, 15) is 0 Å². The van der Waals surface area contributed by atoms with Gasteiger partial charge >= 0.3 is 0 Å². The first-order chi connectivity index (χ1) is 7.11. The zero-order valence-corrected chi connectivity index (χ0v) is 11.4. The van der Waals surface area contributed by atoms with Crippen molar-refractivity contribution in [3.05, 3.63) is 29.3 Å². The zero-order chi connectivity index (χ0) is 10.9. The van der Waals surface area contributed by atoms with Crippen LogP contribution in [-0.2, 0) is 6.42 Å². The van der Waals surface area contributed by atoms with Gasteiger partial charge in [-0.2, -0.15) is 0 Å². The molecule has 0 unspecified atom stereocenters. The molecule has 1 aromatic heterocycles. The Morgan fingerprint density at radius 1 is 1.33 bits per heavy atom. The molecule has 0 aliphatic heterocycles. The smallest absolute Gasteiger partial charge is 0.0944 e. The van der Waals surface area contributed by atoms with Crippen molar-refractivity contribution in [2.45, 2.75) is 20.3 Å². The molecule has 0 bridgehead atoms. The number of benzene rings is 1. The molecule has 0 saturated carbocycles. The first-order valence-corrected chi connectivity index (χ1v) is 6.95. The summed E-state index contributed by atoms with van der Waals surface area (Å²) in [5.74, 6) is 0. The van der Waals surface area contributed by atoms with Gasteiger partial charge in [0.25, 0.3) is 0 Å². The Kier molecular flexibility index (Phi) is 3.12. The third kappa shape index (κ3) is 2.58. The number of rotatable bonds is 3. The number of fused-ring (bicyclic) bond motifs is 1. The summed E-state index contributed by atoms with van der Waals surface area (Å²) in [6, 6.07) is 8.33. The number of halogens is 1. The van der Waals surface area contributed by atoms with Crippen molar-refractivity contribution in [3.63, 3.8) is 0 Å². The van der Waals surface area contributed by atoms with E-state index in [2.05, 4.69) is 53.0 Å². The minimum Gasteiger partial charge on any atom is -0.241 e. The van der Waals surface area contributed by atoms with Gasteiger partial charge in [-0.25, -0.2) is 4.98 Å². The summed E-state index contributed by atoms with van der Waals surface area (Å²) in [4.78, 5) is 4.64. The van der Waals surface area contributed by atoms with Crippen molar-refractivity contribution < 1.29 is 0 Å². The third-order valence-electron chi connectivity index (χ3n) is 2.33. The molecular weight excluding hydrogens is 270 g/mol. The van der Waals surface area contributed by atoms with Crippen molar-refractivity contribution in [1.82, 2.24) is 4.98 Å². The maximum Gasteiger partial charge on any atom is 0.0944 e. The van der Waals surface area contributed by atoms with Gasteiger partial charge in [0.1, 0.15) is 0 Å². The maximum absolute atomic E-state index is 4.64. The van der Waals surface area contributed by atoms with Gasteiger partial charge in [-0.15, -0.1) is 11.3 Å². The van der Waals surface area contributed by atoms with Gasteiger partial charge in [-0.1, -0.05) is 41.9 Å². The van der Waals surface area contributed by atoms with Gasteiger partial charge in [0.15, 0.2) is 0 Å². The van der Waals surface area contributed by atoms with Crippen LogP contribution in [0.25, 0.3) is 10.2 Å². The van der Waals surface area contributed by atoms with E-state index < -0.39 is 0 Å². The van der Waals surface area contributed by atoms with E-state index in [1.54, 1.807) is 0 Å². The van der Waals surface area contributed by atoms with Crippen LogP contribution in [0.1, 0.15) is 18.9 Å². The number of thiazole rings is 1. The quantitative estimate of drug-likeness (QED) is 0.767. The SMILES string of the molecule is CC(C)(CBr)Cc1nc2ccccc2s1. The van der Waals surface area contributed by atoms with Crippen LogP contribution >= 0.6 is 27.3 Å². The Labute approximate surface area is 103 Å². The number of nitrogens with zero attached hydrogens (tertiary/aromatic N) is 1. The molecule has 1 aromatic carbocycles. The first-order valence-electron chi connectivity index (χ1n) is 5.01. The topological polar surface area (TPSA) is 12.9 Å². The predicted molar refractivity (Wildman–Crippen MR) is 70.9 cm³/mol. The number of hydrogen-bond donors (Lipinski definition) is 0. The molecule has 0 N–H and O–H groups in total. The van der Waals surface area contributed by atoms with E-state index >= 15 is 0 Å². The van der Waals surface area contributed by atoms with Crippen molar-refractivity contribution in [3.8, 4) is 0 Å². The second-order valence-electron chi connectivity index (χ2n) is 4.55. The lowest BCUT2D eigenvalue weighted by Gasteiger charge is -2.19. The Morgan fingerprint density at radius 2 is 2.07 bits per heavy atom. The molecule has 0 radical (unpaired) electrons. The lowest BCUT2D eigenvalue weighted by molar-refractivity contribution is 0.424. The summed E-state index contributed by atoms with van der Waals surface area (Å²) < 4.78 is 1.29. The fourth-order valence-electron chi connectivity index (χ4n) is 1.45. The highest BCUT2D eigenvalue weighted by molar-refractivity contribution is 9.09. The van der Waals surface area contributed by atoms with Crippen LogP contribution in [-0.4, -0.2) is 10.3 Å². The Morgan fingerprint density at radius 3 is 2.73 bits per heavy atom. The first kappa shape index (κ1) is 11.1. The predicted octanol–water partition coefficient (Wildman–Crippen LogP) is 4.26. The molecule has 2 rings (SSSR count). The number of para-hydroxylation sites is 1. The van der Waals surface area contributed by atoms with Gasteiger partial charge in [-0.05, 0) is 17.5 Å². The molecule has 15 heavy (non-hydrogen) atoms. The molecule has 0 amide bonds. The summed E-state index contributed by atoms with van der Waals surface area (Å²) in [7, 11) is 0. The summed E-state index contributed by atoms with van der Waals surface area (Å²) in [5, 5.41) is 2.25. The van der Waals surface area contributed by atoms with Crippen LogP contribution in [0.4, 0.5) is 0 Å². The summed E-state index contributed by atoms with van der Waals surface area (Å²) in [6.07, 6.45) is 1.04. The van der Waals surface area contributed by atoms with Gasteiger partial charge in [0.05, 0.1) is 15.2 Å². The number of alkyl halides is 1. The van der Waals surface area contributed by atoms with Crippen LogP contribution in [0.5, 0.6) is 0 Å². The molecule has 0 fully saturated rings. The molecule has 0 atom stereocenters. The molecule has 2 aromatic rings. The van der Waals surface area contributed by atoms with Gasteiger partial charge in [0.2, 0.25) is 0 Å². The average molecular weight is 284 g/mol. The minimum atomic E-state index is 0.286. The van der Waals surface area contributed by atoms with E-state index in [1.807, 2.05) is 17.4 Å². The van der Waals surface area contributed by atoms with Gasteiger partial charge in [0, 0.05) is 11.8 Å². The van der Waals surface area contributed by atoms with E-state index in [4.69, 9.17) is 0 Å². The zero-order valence-electron chi connectivity index (χ0n) is 8.96. The molecule has 1 heterocycles. The summed E-state index contributed by atoms with van der Waals surface area (Å²) in [5.41, 5.74) is 1.41. The van der Waals surface area contributed by atoms with Crippen LogP contribution in [0, 0.1) is 5.41 Å². The number of hydrogen-bond acceptors (Lipinski definition) is 2. The van der Waals surface area contributed by atoms with E-state index in [-0.39, 0.29) is 5.41 Å². The molecule has 0 aliphatic rings. The Balaban J connectivity index is 2.30. The van der Waals surface area contributed by atoms with Crippen molar-refractivity contribution >= 4 is 37.5 Å². The van der Waals surface area contributed by atoms with Crippen molar-refractivity contribution in [2.24, 2.45) is 5.41 Å². The average Bonchev–Trinajstić information content (AvgIpc) is 2.58. The van der Waals surface area contributed by atoms with Gasteiger partial charge < -0.3 is 0 Å². The molecule has 0 spiro atoms. The highest BCUT2D eigenvalue weighted by Gasteiger charge is 2.18. The molecule has 3 heteroatoms. The fourth-order valence-corrected chi connectivity index (χ4v) is 2.88. The minimum absolute atomic E-state index is 0.286. The van der Waals surface area contributed by atoms with Crippen LogP contribution < -0.4 is 0 Å². The van der Waals surface area contributed by atoms with E-state index in [1.165, 1.54) is 9.71 Å². The van der Waals surface area contributed by atoms with E-state index in [0.29, 0.717) is 0 Å². The normalized spacial score (nSPS) is 12.2. The highest BCUT2D eigenvalue weighted by atomic mass is 79.9. The lowest BCUT2D eigenvalue weighted by Crippen LogP contribution is -2.16. The fraction of sp³-hybridized carbons (Fsp3) is 0.417. The second-order valence-corrected chi connectivity index (χ2v) is 6.23.